The highest BCUT2D eigenvalue weighted by Gasteiger charge is 2.32. The average molecular weight is 411 g/mol. The number of carbonyl (C=O) groups excluding carboxylic acids is 2. The van der Waals surface area contributed by atoms with Crippen molar-refractivity contribution in [2.24, 2.45) is 5.41 Å². The Morgan fingerprint density at radius 3 is 2.13 bits per heavy atom. The van der Waals surface area contributed by atoms with Gasteiger partial charge < -0.3 is 9.80 Å². The first kappa shape index (κ1) is 19.6. The van der Waals surface area contributed by atoms with Crippen LogP contribution in [-0.2, 0) is 13.1 Å². The molecular weight excluding hydrogens is 384 g/mol. The van der Waals surface area contributed by atoms with Crippen molar-refractivity contribution < 1.29 is 9.59 Å². The summed E-state index contributed by atoms with van der Waals surface area (Å²) in [5, 5.41) is 0. The van der Waals surface area contributed by atoms with Crippen molar-refractivity contribution in [2.45, 2.75) is 26.4 Å². The molecule has 1 aliphatic carbocycles. The summed E-state index contributed by atoms with van der Waals surface area (Å²) in [7, 11) is 0. The molecule has 0 saturated heterocycles. The van der Waals surface area contributed by atoms with Crippen molar-refractivity contribution in [2.75, 3.05) is 13.1 Å². The molecule has 2 aromatic carbocycles. The molecule has 4 heteroatoms. The van der Waals surface area contributed by atoms with E-state index in [4.69, 9.17) is 0 Å². The standard InChI is InChI=1S/C27H26N2O2/c1-27(19-29-18-22-11-3-5-13-24(22)26(29)31)14-6-8-20(9-7-15-27)16-28-17-21-10-2-4-12-23(21)25(28)30/h2-8,10-15H,9,16-19H2,1H3/b14-6-,15-7-,20-8?. The Kier molecular flexibility index (Phi) is 4.85. The second-order valence-corrected chi connectivity index (χ2v) is 8.93. The maximum absolute atomic E-state index is 12.8. The lowest BCUT2D eigenvalue weighted by molar-refractivity contribution is 0.0745. The van der Waals surface area contributed by atoms with E-state index < -0.39 is 0 Å². The Bertz CT molecular complexity index is 1140. The van der Waals surface area contributed by atoms with Crippen LogP contribution in [-0.4, -0.2) is 34.7 Å². The molecule has 5 rings (SSSR count). The lowest BCUT2D eigenvalue weighted by atomic mass is 9.87. The molecule has 0 saturated carbocycles. The Hall–Kier alpha value is -3.40. The van der Waals surface area contributed by atoms with Gasteiger partial charge in [-0.3, -0.25) is 9.59 Å². The molecule has 0 fully saturated rings. The number of rotatable bonds is 4. The van der Waals surface area contributed by atoms with Gasteiger partial charge in [0.05, 0.1) is 0 Å². The first-order chi connectivity index (χ1) is 15.0. The molecule has 0 spiro atoms. The quantitative estimate of drug-likeness (QED) is 0.683. The number of hydrogen-bond donors (Lipinski definition) is 0. The molecule has 2 aromatic rings. The van der Waals surface area contributed by atoms with Crippen LogP contribution in [0.5, 0.6) is 0 Å². The van der Waals surface area contributed by atoms with Gasteiger partial charge in [-0.15, -0.1) is 0 Å². The van der Waals surface area contributed by atoms with E-state index in [1.807, 2.05) is 58.3 Å². The number of fused-ring (bicyclic) bond motifs is 2. The van der Waals surface area contributed by atoms with Crippen molar-refractivity contribution in [3.63, 3.8) is 0 Å². The summed E-state index contributed by atoms with van der Waals surface area (Å²) < 4.78 is 0. The van der Waals surface area contributed by atoms with Gasteiger partial charge in [0.2, 0.25) is 0 Å². The van der Waals surface area contributed by atoms with Crippen LogP contribution in [0, 0.1) is 5.41 Å². The molecule has 2 aliphatic heterocycles. The van der Waals surface area contributed by atoms with Crippen molar-refractivity contribution in [1.29, 1.82) is 0 Å². The van der Waals surface area contributed by atoms with E-state index in [1.54, 1.807) is 0 Å². The molecule has 1 unspecified atom stereocenters. The molecule has 2 heterocycles. The van der Waals surface area contributed by atoms with Crippen LogP contribution >= 0.6 is 0 Å². The minimum absolute atomic E-state index is 0.114. The van der Waals surface area contributed by atoms with E-state index in [1.165, 1.54) is 5.57 Å². The molecule has 0 bridgehead atoms. The zero-order chi connectivity index (χ0) is 21.4. The second-order valence-electron chi connectivity index (χ2n) is 8.93. The van der Waals surface area contributed by atoms with Gasteiger partial charge in [-0.25, -0.2) is 0 Å². The normalized spacial score (nSPS) is 24.4. The van der Waals surface area contributed by atoms with Crippen LogP contribution in [0.15, 0.2) is 84.5 Å². The Labute approximate surface area is 183 Å². The highest BCUT2D eigenvalue weighted by molar-refractivity contribution is 5.99. The van der Waals surface area contributed by atoms with E-state index in [0.717, 1.165) is 28.7 Å². The lowest BCUT2D eigenvalue weighted by Gasteiger charge is -2.29. The van der Waals surface area contributed by atoms with Gasteiger partial charge >= 0.3 is 0 Å². The Morgan fingerprint density at radius 2 is 1.45 bits per heavy atom. The number of allylic oxidation sites excluding steroid dienone is 3. The third-order valence-corrected chi connectivity index (χ3v) is 6.41. The number of hydrogen-bond acceptors (Lipinski definition) is 2. The summed E-state index contributed by atoms with van der Waals surface area (Å²) in [6.45, 7) is 4.80. The second kappa shape index (κ2) is 7.69. The molecule has 31 heavy (non-hydrogen) atoms. The van der Waals surface area contributed by atoms with Crippen LogP contribution in [0.2, 0.25) is 0 Å². The smallest absolute Gasteiger partial charge is 0.254 e. The third kappa shape index (κ3) is 3.74. The van der Waals surface area contributed by atoms with Crippen LogP contribution < -0.4 is 0 Å². The van der Waals surface area contributed by atoms with Gasteiger partial charge in [0.15, 0.2) is 0 Å². The van der Waals surface area contributed by atoms with Gasteiger partial charge in [-0.2, -0.15) is 0 Å². The van der Waals surface area contributed by atoms with Crippen LogP contribution in [0.4, 0.5) is 0 Å². The molecule has 1 atom stereocenters. The van der Waals surface area contributed by atoms with Gasteiger partial charge in [0.25, 0.3) is 11.8 Å². The zero-order valence-electron chi connectivity index (χ0n) is 17.8. The van der Waals surface area contributed by atoms with Gasteiger partial charge in [0.1, 0.15) is 0 Å². The summed E-state index contributed by atoms with van der Waals surface area (Å²) >= 11 is 0. The average Bonchev–Trinajstić information content (AvgIpc) is 3.23. The van der Waals surface area contributed by atoms with Crippen molar-refractivity contribution in [3.8, 4) is 0 Å². The molecular formula is C27H26N2O2. The molecule has 156 valence electrons. The van der Waals surface area contributed by atoms with Crippen LogP contribution in [0.3, 0.4) is 0 Å². The number of amides is 2. The zero-order valence-corrected chi connectivity index (χ0v) is 17.8. The molecule has 3 aliphatic rings. The fourth-order valence-electron chi connectivity index (χ4n) is 4.77. The summed E-state index contributed by atoms with van der Waals surface area (Å²) in [6.07, 6.45) is 11.6. The lowest BCUT2D eigenvalue weighted by Crippen LogP contribution is -2.34. The maximum Gasteiger partial charge on any atom is 0.254 e. The molecule has 2 amide bonds. The van der Waals surface area contributed by atoms with E-state index in [2.05, 4.69) is 37.3 Å². The van der Waals surface area contributed by atoms with Crippen LogP contribution in [0.1, 0.15) is 45.2 Å². The summed E-state index contributed by atoms with van der Waals surface area (Å²) in [5.41, 5.74) is 4.84. The first-order valence-corrected chi connectivity index (χ1v) is 10.8. The van der Waals surface area contributed by atoms with E-state index in [0.29, 0.717) is 26.2 Å². The maximum atomic E-state index is 12.8. The minimum atomic E-state index is -0.223. The van der Waals surface area contributed by atoms with Gasteiger partial charge in [-0.1, -0.05) is 73.7 Å². The number of nitrogens with zero attached hydrogens (tertiary/aromatic N) is 2. The Morgan fingerprint density at radius 1 is 0.839 bits per heavy atom. The summed E-state index contributed by atoms with van der Waals surface area (Å²) in [4.78, 5) is 29.3. The molecule has 0 N–H and O–H groups in total. The van der Waals surface area contributed by atoms with Crippen molar-refractivity contribution >= 4 is 11.8 Å². The van der Waals surface area contributed by atoms with Crippen LogP contribution in [0.25, 0.3) is 0 Å². The summed E-state index contributed by atoms with van der Waals surface area (Å²) in [5.74, 6) is 0.229. The fourth-order valence-corrected chi connectivity index (χ4v) is 4.77. The molecule has 0 radical (unpaired) electrons. The monoisotopic (exact) mass is 410 g/mol. The highest BCUT2D eigenvalue weighted by Crippen LogP contribution is 2.31. The first-order valence-electron chi connectivity index (χ1n) is 10.8. The highest BCUT2D eigenvalue weighted by atomic mass is 16.2. The van der Waals surface area contributed by atoms with Gasteiger partial charge in [-0.05, 0) is 35.3 Å². The topological polar surface area (TPSA) is 40.6 Å². The number of carbonyl (C=O) groups is 2. The minimum Gasteiger partial charge on any atom is -0.333 e. The predicted octanol–water partition coefficient (Wildman–Crippen LogP) is 4.75. The Balaban J connectivity index is 1.26. The van der Waals surface area contributed by atoms with E-state index in [-0.39, 0.29) is 17.2 Å². The van der Waals surface area contributed by atoms with Gasteiger partial charge in [0, 0.05) is 42.7 Å². The van der Waals surface area contributed by atoms with Crippen molar-refractivity contribution in [3.05, 3.63) is 107 Å². The SMILES string of the molecule is CC1(CN2Cc3ccccc3C2=O)/C=C\C=C(CN2Cc3ccccc3C2=O)C/C=C\1. The number of benzene rings is 2. The van der Waals surface area contributed by atoms with E-state index >= 15 is 0 Å². The third-order valence-electron chi connectivity index (χ3n) is 6.41. The van der Waals surface area contributed by atoms with E-state index in [9.17, 15) is 9.59 Å². The summed E-state index contributed by atoms with van der Waals surface area (Å²) in [6, 6.07) is 15.7. The molecule has 0 aromatic heterocycles. The largest absolute Gasteiger partial charge is 0.333 e. The fraction of sp³-hybridized carbons (Fsp3) is 0.259. The van der Waals surface area contributed by atoms with Crippen molar-refractivity contribution in [1.82, 2.24) is 9.80 Å². The predicted molar refractivity (Wildman–Crippen MR) is 121 cm³/mol. The molecule has 4 nitrogen and oxygen atoms in total.